The summed E-state index contributed by atoms with van der Waals surface area (Å²) in [5.41, 5.74) is 6.75. The molecule has 4 rings (SSSR count). The fourth-order valence-electron chi connectivity index (χ4n) is 5.03. The summed E-state index contributed by atoms with van der Waals surface area (Å²) in [6.07, 6.45) is 20.5. The maximum atomic E-state index is 7.57. The van der Waals surface area contributed by atoms with E-state index in [9.17, 15) is 0 Å². The molecule has 0 heterocycles. The van der Waals surface area contributed by atoms with Crippen LogP contribution in [0.5, 0.6) is 0 Å². The van der Waals surface area contributed by atoms with Crippen molar-refractivity contribution < 1.29 is 18.3 Å². The molecule has 0 saturated heterocycles. The van der Waals surface area contributed by atoms with Crippen molar-refractivity contribution in [3.8, 4) is 0 Å². The first-order valence-corrected chi connectivity index (χ1v) is 19.7. The van der Waals surface area contributed by atoms with Crippen LogP contribution in [0, 0.1) is 0 Å². The molecule has 4 aliphatic carbocycles. The van der Waals surface area contributed by atoms with Gasteiger partial charge in [0, 0.05) is 0 Å². The molecule has 117 valence electrons. The number of rotatable bonds is 2. The number of hydrogen-bond donors (Lipinski definition) is 0. The Bertz CT molecular complexity index is 607. The van der Waals surface area contributed by atoms with Gasteiger partial charge in [-0.3, -0.25) is 0 Å². The van der Waals surface area contributed by atoms with Crippen LogP contribution >= 0.6 is 8.58 Å². The summed E-state index contributed by atoms with van der Waals surface area (Å²) in [7, 11) is 7.57. The molecule has 0 saturated carbocycles. The summed E-state index contributed by atoms with van der Waals surface area (Å²) >= 11 is -3.06. The minimum absolute atomic E-state index is 0.623. The Kier molecular flexibility index (Phi) is 4.32. The van der Waals surface area contributed by atoms with Crippen molar-refractivity contribution in [2.45, 2.75) is 65.6 Å². The molecule has 2 heteroatoms. The molecule has 0 aromatic carbocycles. The van der Waals surface area contributed by atoms with E-state index in [4.69, 9.17) is 8.58 Å². The standard InChI is InChI=1S/2C9H11.C2H4.ClH.Hf/c2*1-2-5-9-7-3-6-8(9)4-1;1-2;;/h2*3,6-7H,1-2,4-5H2;1H,2H3;1H;/q;;;;+1/p-1. The van der Waals surface area contributed by atoms with E-state index in [0.717, 1.165) is 0 Å². The Morgan fingerprint density at radius 3 is 1.77 bits per heavy atom. The predicted octanol–water partition coefficient (Wildman–Crippen LogP) is 6.57. The van der Waals surface area contributed by atoms with Gasteiger partial charge in [-0.15, -0.1) is 0 Å². The second-order valence-corrected chi connectivity index (χ2v) is 25.2. The van der Waals surface area contributed by atoms with Gasteiger partial charge in [-0.05, 0) is 0 Å². The molecular weight excluding hydrogens is 454 g/mol. The van der Waals surface area contributed by atoms with Gasteiger partial charge in [0.05, 0.1) is 0 Å². The molecule has 0 aliphatic heterocycles. The molecule has 0 fully saturated rings. The van der Waals surface area contributed by atoms with E-state index in [1.54, 1.807) is 22.3 Å². The summed E-state index contributed by atoms with van der Waals surface area (Å²) in [4.78, 5) is 0. The van der Waals surface area contributed by atoms with Gasteiger partial charge in [-0.1, -0.05) is 0 Å². The van der Waals surface area contributed by atoms with Crippen molar-refractivity contribution in [3.05, 3.63) is 46.6 Å². The maximum absolute atomic E-state index is 7.57. The second-order valence-electron chi connectivity index (χ2n) is 7.30. The van der Waals surface area contributed by atoms with Crippen LogP contribution in [-0.2, 0) is 18.3 Å². The third-order valence-corrected chi connectivity index (χ3v) is 25.8. The van der Waals surface area contributed by atoms with E-state index in [0.29, 0.717) is 7.35 Å². The third-order valence-electron chi connectivity index (χ3n) is 6.24. The molecular formula is C20H26ClHf. The van der Waals surface area contributed by atoms with Crippen LogP contribution in [0.15, 0.2) is 46.6 Å². The quantitative estimate of drug-likeness (QED) is 0.392. The van der Waals surface area contributed by atoms with Crippen LogP contribution in [0.4, 0.5) is 0 Å². The van der Waals surface area contributed by atoms with E-state index < -0.39 is 18.3 Å². The molecule has 0 amide bonds. The summed E-state index contributed by atoms with van der Waals surface area (Å²) < 4.78 is 3.75. The molecule has 0 aromatic rings. The van der Waals surface area contributed by atoms with Crippen molar-refractivity contribution in [1.82, 2.24) is 0 Å². The number of hydrogen-bond acceptors (Lipinski definition) is 0. The molecule has 4 aliphatic rings. The van der Waals surface area contributed by atoms with Crippen LogP contribution in [0.2, 0.25) is 7.35 Å². The number of halogens is 1. The van der Waals surface area contributed by atoms with Crippen molar-refractivity contribution in [2.24, 2.45) is 0 Å². The first-order chi connectivity index (χ1) is 10.7. The molecule has 0 nitrogen and oxygen atoms in total. The Balaban J connectivity index is 1.73. The Morgan fingerprint density at radius 1 is 0.864 bits per heavy atom. The zero-order valence-corrected chi connectivity index (χ0v) is 17.9. The molecule has 0 aromatic heterocycles. The normalized spacial score (nSPS) is 33.0. The van der Waals surface area contributed by atoms with Gasteiger partial charge in [0.1, 0.15) is 0 Å². The Labute approximate surface area is 142 Å². The average Bonchev–Trinajstić information content (AvgIpc) is 3.19. The predicted molar refractivity (Wildman–Crippen MR) is 94.4 cm³/mol. The molecule has 0 spiro atoms. The van der Waals surface area contributed by atoms with E-state index in [1.807, 2.05) is 0 Å². The first-order valence-electron chi connectivity index (χ1n) is 9.03. The van der Waals surface area contributed by atoms with E-state index in [2.05, 4.69) is 35.0 Å². The molecule has 2 atom stereocenters. The van der Waals surface area contributed by atoms with Crippen LogP contribution < -0.4 is 0 Å². The van der Waals surface area contributed by atoms with Gasteiger partial charge in [-0.25, -0.2) is 0 Å². The van der Waals surface area contributed by atoms with Gasteiger partial charge < -0.3 is 0 Å². The molecule has 22 heavy (non-hydrogen) atoms. The zero-order valence-electron chi connectivity index (χ0n) is 13.6. The average molecular weight is 480 g/mol. The van der Waals surface area contributed by atoms with Crippen LogP contribution in [0.3, 0.4) is 0 Å². The summed E-state index contributed by atoms with van der Waals surface area (Å²) in [6, 6.07) is 0. The SMILES string of the molecule is C[CH]=[Hf]([Cl])([CH]1C=CC2=C1CCCC2)[CH]1C=CC2=C1CCCC2. The van der Waals surface area contributed by atoms with Crippen LogP contribution in [-0.4, -0.2) is 3.76 Å². The summed E-state index contributed by atoms with van der Waals surface area (Å²) in [5, 5.41) is 0. The zero-order chi connectivity index (χ0) is 15.2. The van der Waals surface area contributed by atoms with Crippen molar-refractivity contribution in [3.63, 3.8) is 0 Å². The summed E-state index contributed by atoms with van der Waals surface area (Å²) in [5.74, 6) is 0. The number of allylic oxidation sites excluding steroid dienone is 8. The van der Waals surface area contributed by atoms with Gasteiger partial charge >= 0.3 is 143 Å². The summed E-state index contributed by atoms with van der Waals surface area (Å²) in [6.45, 7) is 2.26. The molecule has 0 N–H and O–H groups in total. The van der Waals surface area contributed by atoms with Crippen molar-refractivity contribution >= 4 is 12.3 Å². The van der Waals surface area contributed by atoms with E-state index in [1.165, 1.54) is 51.4 Å². The van der Waals surface area contributed by atoms with Crippen molar-refractivity contribution in [2.75, 3.05) is 0 Å². The molecule has 0 bridgehead atoms. The van der Waals surface area contributed by atoms with Gasteiger partial charge in [-0.2, -0.15) is 0 Å². The third kappa shape index (κ3) is 2.38. The Morgan fingerprint density at radius 2 is 1.32 bits per heavy atom. The first kappa shape index (κ1) is 15.5. The van der Waals surface area contributed by atoms with Gasteiger partial charge in [0.2, 0.25) is 0 Å². The van der Waals surface area contributed by atoms with Gasteiger partial charge in [0.25, 0.3) is 0 Å². The van der Waals surface area contributed by atoms with E-state index in [-0.39, 0.29) is 0 Å². The Hall–Kier alpha value is -0.00987. The van der Waals surface area contributed by atoms with Gasteiger partial charge in [0.15, 0.2) is 0 Å². The molecule has 0 radical (unpaired) electrons. The van der Waals surface area contributed by atoms with E-state index >= 15 is 0 Å². The van der Waals surface area contributed by atoms with Crippen LogP contribution in [0.1, 0.15) is 58.3 Å². The van der Waals surface area contributed by atoms with Crippen LogP contribution in [0.25, 0.3) is 0 Å². The minimum atomic E-state index is -3.06. The fraction of sp³-hybridized carbons (Fsp3) is 0.550. The topological polar surface area (TPSA) is 0 Å². The molecule has 2 unspecified atom stereocenters. The van der Waals surface area contributed by atoms with Crippen molar-refractivity contribution in [1.29, 1.82) is 0 Å². The second kappa shape index (κ2) is 6.13. The fourth-order valence-corrected chi connectivity index (χ4v) is 21.4. The monoisotopic (exact) mass is 481 g/mol.